The van der Waals surface area contributed by atoms with Gasteiger partial charge in [-0.1, -0.05) is 0 Å². The van der Waals surface area contributed by atoms with E-state index in [1.54, 1.807) is 6.07 Å². The summed E-state index contributed by atoms with van der Waals surface area (Å²) in [6, 6.07) is 1.63. The molecule has 86 valence electrons. The van der Waals surface area contributed by atoms with E-state index in [-0.39, 0.29) is 0 Å². The Balaban J connectivity index is 4.21. The molecule has 15 heavy (non-hydrogen) atoms. The number of alkyl halides is 3. The highest BCUT2D eigenvalue weighted by atomic mass is 19.4. The number of nitrogens with one attached hydrogen (secondary N) is 1. The molecule has 1 atom stereocenters. The molecule has 0 fully saturated rings. The zero-order chi connectivity index (χ0) is 12.3. The van der Waals surface area contributed by atoms with Gasteiger partial charge in [-0.3, -0.25) is 4.79 Å². The van der Waals surface area contributed by atoms with Gasteiger partial charge in [-0.05, 0) is 13.8 Å². The summed E-state index contributed by atoms with van der Waals surface area (Å²) in [6.45, 7) is 1.58. The van der Waals surface area contributed by atoms with Crippen molar-refractivity contribution in [2.75, 3.05) is 6.54 Å². The van der Waals surface area contributed by atoms with Crippen LogP contribution in [-0.2, 0) is 4.79 Å². The zero-order valence-electron chi connectivity index (χ0n) is 8.22. The van der Waals surface area contributed by atoms with E-state index >= 15 is 0 Å². The molecular weight excluding hydrogens is 213 g/mol. The maximum Gasteiger partial charge on any atom is 0.416 e. The Bertz CT molecular complexity index is 281. The molecule has 1 unspecified atom stereocenters. The van der Waals surface area contributed by atoms with E-state index in [9.17, 15) is 18.0 Å². The molecule has 0 aromatic heterocycles. The van der Waals surface area contributed by atoms with Gasteiger partial charge in [-0.25, -0.2) is 0 Å². The van der Waals surface area contributed by atoms with Crippen LogP contribution in [0.1, 0.15) is 13.8 Å². The lowest BCUT2D eigenvalue weighted by Crippen LogP contribution is -2.44. The number of amides is 1. The van der Waals surface area contributed by atoms with Crippen molar-refractivity contribution in [2.45, 2.75) is 26.1 Å². The predicted molar refractivity (Wildman–Crippen MR) is 44.5 cm³/mol. The fraction of sp³-hybridized carbons (Fsp3) is 0.750. The van der Waals surface area contributed by atoms with E-state index in [4.69, 9.17) is 10.4 Å². The summed E-state index contributed by atoms with van der Waals surface area (Å²) in [5.74, 6) is -0.853. The highest BCUT2D eigenvalue weighted by Crippen LogP contribution is 2.19. The van der Waals surface area contributed by atoms with Crippen LogP contribution in [0.5, 0.6) is 0 Å². The average Bonchev–Trinajstić information content (AvgIpc) is 2.11. The van der Waals surface area contributed by atoms with Gasteiger partial charge in [0, 0.05) is 0 Å². The van der Waals surface area contributed by atoms with Gasteiger partial charge >= 0.3 is 6.18 Å². The average molecular weight is 224 g/mol. The van der Waals surface area contributed by atoms with Gasteiger partial charge < -0.3 is 10.4 Å². The van der Waals surface area contributed by atoms with Crippen molar-refractivity contribution >= 4 is 5.91 Å². The quantitative estimate of drug-likeness (QED) is 0.736. The Kier molecular flexibility index (Phi) is 4.10. The number of carbonyl (C=O) groups is 1. The maximum absolute atomic E-state index is 11.8. The predicted octanol–water partition coefficient (Wildman–Crippen LogP) is 0.576. The van der Waals surface area contributed by atoms with Crippen LogP contribution in [0.4, 0.5) is 13.2 Å². The molecule has 1 amide bonds. The van der Waals surface area contributed by atoms with Crippen LogP contribution in [0.15, 0.2) is 0 Å². The lowest BCUT2D eigenvalue weighted by molar-refractivity contribution is -0.202. The minimum absolute atomic E-state index is 0.853. The molecule has 0 aromatic rings. The Hall–Kier alpha value is -1.29. The van der Waals surface area contributed by atoms with Crippen molar-refractivity contribution in [1.29, 1.82) is 5.26 Å². The Labute approximate surface area is 84.7 Å². The molecular formula is C8H11F3N2O2. The second kappa shape index (κ2) is 4.49. The van der Waals surface area contributed by atoms with E-state index < -0.39 is 30.1 Å². The molecule has 0 aliphatic heterocycles. The van der Waals surface area contributed by atoms with E-state index in [2.05, 4.69) is 0 Å². The first kappa shape index (κ1) is 13.7. The van der Waals surface area contributed by atoms with Crippen molar-refractivity contribution < 1.29 is 23.1 Å². The van der Waals surface area contributed by atoms with E-state index in [0.29, 0.717) is 0 Å². The SMILES string of the molecule is CC(C)(C#N)C(=O)NCC(O)C(F)(F)F. The minimum atomic E-state index is -4.77. The Morgan fingerprint density at radius 2 is 2.00 bits per heavy atom. The van der Waals surface area contributed by atoms with Gasteiger partial charge in [0.05, 0.1) is 12.6 Å². The van der Waals surface area contributed by atoms with Gasteiger partial charge in [0.25, 0.3) is 0 Å². The molecule has 0 heterocycles. The molecule has 0 rings (SSSR count). The Morgan fingerprint density at radius 3 is 2.33 bits per heavy atom. The maximum atomic E-state index is 11.8. The van der Waals surface area contributed by atoms with Gasteiger partial charge in [0.2, 0.25) is 5.91 Å². The zero-order valence-corrected chi connectivity index (χ0v) is 8.22. The third-order valence-electron chi connectivity index (χ3n) is 1.68. The van der Waals surface area contributed by atoms with Crippen LogP contribution >= 0.6 is 0 Å². The number of aliphatic hydroxyl groups is 1. The van der Waals surface area contributed by atoms with Gasteiger partial charge in [-0.2, -0.15) is 18.4 Å². The van der Waals surface area contributed by atoms with E-state index in [1.165, 1.54) is 13.8 Å². The molecule has 0 bridgehead atoms. The third-order valence-corrected chi connectivity index (χ3v) is 1.68. The van der Waals surface area contributed by atoms with Crippen LogP contribution in [0, 0.1) is 16.7 Å². The summed E-state index contributed by atoms with van der Waals surface area (Å²) >= 11 is 0. The van der Waals surface area contributed by atoms with Crippen molar-refractivity contribution in [2.24, 2.45) is 5.41 Å². The van der Waals surface area contributed by atoms with Crippen LogP contribution in [0.2, 0.25) is 0 Å². The molecule has 4 nitrogen and oxygen atoms in total. The monoisotopic (exact) mass is 224 g/mol. The second-order valence-corrected chi connectivity index (χ2v) is 3.50. The van der Waals surface area contributed by atoms with Crippen LogP contribution in [0.25, 0.3) is 0 Å². The molecule has 7 heteroatoms. The highest BCUT2D eigenvalue weighted by Gasteiger charge is 2.39. The van der Waals surface area contributed by atoms with Gasteiger partial charge in [-0.15, -0.1) is 0 Å². The molecule has 0 aliphatic carbocycles. The normalized spacial score (nSPS) is 14.2. The van der Waals surface area contributed by atoms with Gasteiger partial charge in [0.1, 0.15) is 5.41 Å². The molecule has 0 aliphatic rings. The number of rotatable bonds is 3. The molecule has 0 aromatic carbocycles. The van der Waals surface area contributed by atoms with Crippen LogP contribution in [0.3, 0.4) is 0 Å². The standard InChI is InChI=1S/C8H11F3N2O2/c1-7(2,4-12)6(15)13-3-5(14)8(9,10)11/h5,14H,3H2,1-2H3,(H,13,15). The summed E-state index contributed by atoms with van der Waals surface area (Å²) in [7, 11) is 0. The summed E-state index contributed by atoms with van der Waals surface area (Å²) in [4.78, 5) is 11.1. The minimum Gasteiger partial charge on any atom is -0.382 e. The largest absolute Gasteiger partial charge is 0.416 e. The number of nitriles is 1. The number of nitrogens with zero attached hydrogens (tertiary/aromatic N) is 1. The van der Waals surface area contributed by atoms with Crippen molar-refractivity contribution in [3.63, 3.8) is 0 Å². The first-order chi connectivity index (χ1) is 6.61. The molecule has 0 saturated carbocycles. The first-order valence-electron chi connectivity index (χ1n) is 4.05. The summed E-state index contributed by atoms with van der Waals surface area (Å²) in [6.07, 6.45) is -7.39. The van der Waals surface area contributed by atoms with Gasteiger partial charge in [0.15, 0.2) is 6.10 Å². The summed E-state index contributed by atoms with van der Waals surface area (Å²) < 4.78 is 35.4. The fourth-order valence-corrected chi connectivity index (χ4v) is 0.577. The van der Waals surface area contributed by atoms with E-state index in [0.717, 1.165) is 0 Å². The highest BCUT2D eigenvalue weighted by molar-refractivity contribution is 5.84. The van der Waals surface area contributed by atoms with Crippen molar-refractivity contribution in [3.05, 3.63) is 0 Å². The Morgan fingerprint density at radius 1 is 1.53 bits per heavy atom. The fourth-order valence-electron chi connectivity index (χ4n) is 0.577. The molecule has 0 spiro atoms. The third kappa shape index (κ3) is 4.16. The first-order valence-corrected chi connectivity index (χ1v) is 4.05. The van der Waals surface area contributed by atoms with Crippen molar-refractivity contribution in [1.82, 2.24) is 5.32 Å². The van der Waals surface area contributed by atoms with E-state index in [1.807, 2.05) is 5.32 Å². The number of hydrogen-bond donors (Lipinski definition) is 2. The number of halogens is 3. The topological polar surface area (TPSA) is 73.1 Å². The summed E-state index contributed by atoms with van der Waals surface area (Å²) in [5, 5.41) is 18.9. The molecule has 0 saturated heterocycles. The number of aliphatic hydroxyl groups excluding tert-OH is 1. The number of carbonyl (C=O) groups excluding carboxylic acids is 1. The van der Waals surface area contributed by atoms with Crippen molar-refractivity contribution in [3.8, 4) is 6.07 Å². The lowest BCUT2D eigenvalue weighted by Gasteiger charge is -2.18. The summed E-state index contributed by atoms with van der Waals surface area (Å²) in [5.41, 5.74) is -1.41. The molecule has 0 radical (unpaired) electrons. The molecule has 2 N–H and O–H groups in total. The smallest absolute Gasteiger partial charge is 0.382 e. The lowest BCUT2D eigenvalue weighted by atomic mass is 9.95. The number of hydrogen-bond acceptors (Lipinski definition) is 3. The van der Waals surface area contributed by atoms with Crippen LogP contribution in [-0.4, -0.2) is 29.8 Å². The second-order valence-electron chi connectivity index (χ2n) is 3.50. The van der Waals surface area contributed by atoms with Crippen LogP contribution < -0.4 is 5.32 Å².